The first-order chi connectivity index (χ1) is 10.2. The standard InChI is InChI=1S/C14H20F3N3O2S.HI/c1-13(2,3)20-12(18)19-8-9-5-10(14(15,16)17)7-11(6-9)23(4,21)22;/h5-7H,8H2,1-4H3,(H3,18,19,20);1H. The summed E-state index contributed by atoms with van der Waals surface area (Å²) in [5, 5.41) is 2.87. The smallest absolute Gasteiger partial charge is 0.370 e. The van der Waals surface area contributed by atoms with E-state index in [2.05, 4.69) is 10.3 Å². The van der Waals surface area contributed by atoms with E-state index < -0.39 is 26.5 Å². The van der Waals surface area contributed by atoms with E-state index in [-0.39, 0.29) is 47.6 Å². The monoisotopic (exact) mass is 479 g/mol. The highest BCUT2D eigenvalue weighted by atomic mass is 127. The Labute approximate surface area is 156 Å². The van der Waals surface area contributed by atoms with Crippen molar-refractivity contribution in [1.82, 2.24) is 5.32 Å². The average molecular weight is 479 g/mol. The van der Waals surface area contributed by atoms with Crippen LogP contribution in [0.15, 0.2) is 28.1 Å². The van der Waals surface area contributed by atoms with Gasteiger partial charge in [-0.1, -0.05) is 0 Å². The van der Waals surface area contributed by atoms with Gasteiger partial charge in [-0.2, -0.15) is 13.2 Å². The molecule has 0 heterocycles. The first kappa shape index (κ1) is 23.0. The maximum Gasteiger partial charge on any atom is 0.416 e. The lowest BCUT2D eigenvalue weighted by Crippen LogP contribution is -2.44. The van der Waals surface area contributed by atoms with E-state index in [9.17, 15) is 21.6 Å². The lowest BCUT2D eigenvalue weighted by atomic mass is 10.1. The van der Waals surface area contributed by atoms with Crippen molar-refractivity contribution in [3.8, 4) is 0 Å². The molecule has 0 saturated carbocycles. The number of rotatable bonds is 3. The van der Waals surface area contributed by atoms with Crippen LogP contribution in [0, 0.1) is 0 Å². The van der Waals surface area contributed by atoms with Crippen molar-refractivity contribution in [2.75, 3.05) is 6.26 Å². The third-order valence-corrected chi connectivity index (χ3v) is 3.75. The van der Waals surface area contributed by atoms with E-state index in [1.165, 1.54) is 6.07 Å². The van der Waals surface area contributed by atoms with Crippen LogP contribution < -0.4 is 11.1 Å². The third-order valence-electron chi connectivity index (χ3n) is 2.66. The summed E-state index contributed by atoms with van der Waals surface area (Å²) in [5.41, 5.74) is 4.38. The highest BCUT2D eigenvalue weighted by Gasteiger charge is 2.32. The van der Waals surface area contributed by atoms with Gasteiger partial charge in [-0.3, -0.25) is 0 Å². The van der Waals surface area contributed by atoms with Crippen LogP contribution in [-0.4, -0.2) is 26.2 Å². The first-order valence-corrected chi connectivity index (χ1v) is 8.57. The van der Waals surface area contributed by atoms with Gasteiger partial charge in [0.2, 0.25) is 0 Å². The van der Waals surface area contributed by atoms with Gasteiger partial charge in [0.15, 0.2) is 15.8 Å². The average Bonchev–Trinajstić information content (AvgIpc) is 2.32. The molecule has 1 aromatic carbocycles. The van der Waals surface area contributed by atoms with E-state index in [1.807, 2.05) is 20.8 Å². The SMILES string of the molecule is CC(C)(C)NC(N)=NCc1cc(C(F)(F)F)cc(S(C)(=O)=O)c1.I. The number of hydrogen-bond acceptors (Lipinski definition) is 3. The maximum absolute atomic E-state index is 12.9. The van der Waals surface area contributed by atoms with Crippen molar-refractivity contribution >= 4 is 39.8 Å². The van der Waals surface area contributed by atoms with E-state index in [1.54, 1.807) is 0 Å². The molecular formula is C14H21F3IN3O2S. The number of nitrogens with one attached hydrogen (secondary N) is 1. The number of nitrogens with two attached hydrogens (primary N) is 1. The molecule has 5 nitrogen and oxygen atoms in total. The zero-order valence-corrected chi connectivity index (χ0v) is 16.9. The number of halogens is 4. The van der Waals surface area contributed by atoms with Crippen LogP contribution in [0.5, 0.6) is 0 Å². The van der Waals surface area contributed by atoms with E-state index in [0.29, 0.717) is 6.07 Å². The summed E-state index contributed by atoms with van der Waals surface area (Å²) in [6.07, 6.45) is -3.79. The van der Waals surface area contributed by atoms with Crippen molar-refractivity contribution in [2.24, 2.45) is 10.7 Å². The minimum absolute atomic E-state index is 0. The fourth-order valence-corrected chi connectivity index (χ4v) is 2.44. The predicted octanol–water partition coefficient (Wildman–Crippen LogP) is 2.93. The molecule has 1 rings (SSSR count). The second-order valence-electron chi connectivity index (χ2n) is 6.21. The second kappa shape index (κ2) is 7.89. The zero-order chi connectivity index (χ0) is 18.1. The number of nitrogens with zero attached hydrogens (tertiary/aromatic N) is 1. The summed E-state index contributed by atoms with van der Waals surface area (Å²) in [5.74, 6) is 0.0656. The summed E-state index contributed by atoms with van der Waals surface area (Å²) in [6, 6.07) is 2.64. The molecule has 0 saturated heterocycles. The third kappa shape index (κ3) is 7.69. The van der Waals surface area contributed by atoms with Crippen LogP contribution in [0.4, 0.5) is 13.2 Å². The van der Waals surface area contributed by atoms with Crippen molar-refractivity contribution in [2.45, 2.75) is 43.9 Å². The van der Waals surface area contributed by atoms with Crippen molar-refractivity contribution in [3.05, 3.63) is 29.3 Å². The Morgan fingerprint density at radius 1 is 1.21 bits per heavy atom. The van der Waals surface area contributed by atoms with Crippen LogP contribution in [0.25, 0.3) is 0 Å². The van der Waals surface area contributed by atoms with Crippen molar-refractivity contribution in [3.63, 3.8) is 0 Å². The van der Waals surface area contributed by atoms with Crippen molar-refractivity contribution in [1.29, 1.82) is 0 Å². The van der Waals surface area contributed by atoms with Crippen LogP contribution in [0.2, 0.25) is 0 Å². The summed E-state index contributed by atoms with van der Waals surface area (Å²) in [6.45, 7) is 5.38. The highest BCUT2D eigenvalue weighted by Crippen LogP contribution is 2.31. The molecule has 0 atom stereocenters. The molecule has 0 radical (unpaired) electrons. The Balaban J connectivity index is 0.00000529. The summed E-state index contributed by atoms with van der Waals surface area (Å²) in [7, 11) is -3.77. The molecule has 0 spiro atoms. The highest BCUT2D eigenvalue weighted by molar-refractivity contribution is 14.0. The van der Waals surface area contributed by atoms with Gasteiger partial charge in [0, 0.05) is 11.8 Å². The molecule has 10 heteroatoms. The van der Waals surface area contributed by atoms with Gasteiger partial charge in [0.1, 0.15) is 0 Å². The Bertz CT molecular complexity index is 711. The first-order valence-electron chi connectivity index (χ1n) is 6.68. The van der Waals surface area contributed by atoms with Crippen LogP contribution >= 0.6 is 24.0 Å². The number of alkyl halides is 3. The normalized spacial score (nSPS) is 13.4. The summed E-state index contributed by atoms with van der Waals surface area (Å²) < 4.78 is 61.8. The van der Waals surface area contributed by atoms with Crippen molar-refractivity contribution < 1.29 is 21.6 Å². The molecule has 24 heavy (non-hydrogen) atoms. The summed E-state index contributed by atoms with van der Waals surface area (Å²) in [4.78, 5) is 3.54. The fraction of sp³-hybridized carbons (Fsp3) is 0.500. The molecule has 3 N–H and O–H groups in total. The number of benzene rings is 1. The van der Waals surface area contributed by atoms with Gasteiger partial charge < -0.3 is 11.1 Å². The van der Waals surface area contributed by atoms with Gasteiger partial charge in [-0.15, -0.1) is 24.0 Å². The lowest BCUT2D eigenvalue weighted by Gasteiger charge is -2.21. The Morgan fingerprint density at radius 2 is 1.75 bits per heavy atom. The Kier molecular flexibility index (Phi) is 7.55. The molecule has 0 aliphatic rings. The van der Waals surface area contributed by atoms with E-state index in [0.717, 1.165) is 12.3 Å². The molecule has 0 bridgehead atoms. The molecule has 138 valence electrons. The number of hydrogen-bond donors (Lipinski definition) is 2. The largest absolute Gasteiger partial charge is 0.416 e. The topological polar surface area (TPSA) is 84.5 Å². The van der Waals surface area contributed by atoms with Gasteiger partial charge in [-0.25, -0.2) is 13.4 Å². The fourth-order valence-electron chi connectivity index (χ4n) is 1.73. The maximum atomic E-state index is 12.9. The molecule has 0 aromatic heterocycles. The quantitative estimate of drug-likeness (QED) is 0.397. The minimum atomic E-state index is -4.64. The summed E-state index contributed by atoms with van der Waals surface area (Å²) >= 11 is 0. The van der Waals surface area contributed by atoms with Gasteiger partial charge in [0.25, 0.3) is 0 Å². The van der Waals surface area contributed by atoms with E-state index >= 15 is 0 Å². The molecule has 0 fully saturated rings. The Morgan fingerprint density at radius 3 is 2.17 bits per heavy atom. The number of aliphatic imine (C=N–C) groups is 1. The van der Waals surface area contributed by atoms with Crippen LogP contribution in [0.1, 0.15) is 31.9 Å². The number of guanidine groups is 1. The number of sulfone groups is 1. The molecular weight excluding hydrogens is 458 g/mol. The molecule has 0 aliphatic heterocycles. The zero-order valence-electron chi connectivity index (χ0n) is 13.7. The molecule has 0 amide bonds. The molecule has 1 aromatic rings. The molecule has 0 unspecified atom stereocenters. The minimum Gasteiger partial charge on any atom is -0.370 e. The van der Waals surface area contributed by atoms with Gasteiger partial charge in [0.05, 0.1) is 17.0 Å². The van der Waals surface area contributed by atoms with Gasteiger partial charge >= 0.3 is 6.18 Å². The van der Waals surface area contributed by atoms with Gasteiger partial charge in [-0.05, 0) is 44.5 Å². The Hall–Kier alpha value is -1.04. The predicted molar refractivity (Wildman–Crippen MR) is 98.2 cm³/mol. The molecule has 0 aliphatic carbocycles. The lowest BCUT2D eigenvalue weighted by molar-refractivity contribution is -0.137. The van der Waals surface area contributed by atoms with Crippen LogP contribution in [-0.2, 0) is 22.6 Å². The van der Waals surface area contributed by atoms with Crippen LogP contribution in [0.3, 0.4) is 0 Å². The second-order valence-corrected chi connectivity index (χ2v) is 8.23. The van der Waals surface area contributed by atoms with E-state index in [4.69, 9.17) is 5.73 Å².